The Kier molecular flexibility index (Phi) is 5.03. The molecule has 0 aliphatic heterocycles. The molecule has 0 saturated carbocycles. The molecule has 2 rings (SSSR count). The monoisotopic (exact) mass is 327 g/mol. The summed E-state index contributed by atoms with van der Waals surface area (Å²) in [5, 5.41) is 0. The summed E-state index contributed by atoms with van der Waals surface area (Å²) in [5.41, 5.74) is 0. The van der Waals surface area contributed by atoms with E-state index in [9.17, 15) is 8.42 Å². The Morgan fingerprint density at radius 1 is 1.10 bits per heavy atom. The van der Waals surface area contributed by atoms with E-state index in [0.29, 0.717) is 12.4 Å². The Morgan fingerprint density at radius 2 is 1.76 bits per heavy atom. The molecule has 0 spiro atoms. The summed E-state index contributed by atoms with van der Waals surface area (Å²) in [6.07, 6.45) is 2.09. The molecular weight excluding hydrogens is 314 g/mol. The molecule has 1 heterocycles. The zero-order chi connectivity index (χ0) is 15.3. The van der Waals surface area contributed by atoms with E-state index in [0.717, 1.165) is 18.4 Å². The highest BCUT2D eigenvalue weighted by Crippen LogP contribution is 2.23. The van der Waals surface area contributed by atoms with Gasteiger partial charge in [0, 0.05) is 16.7 Å². The van der Waals surface area contributed by atoms with Gasteiger partial charge in [-0.3, -0.25) is 0 Å². The number of hydrogen-bond donors (Lipinski definition) is 0. The number of halogens is 1. The van der Waals surface area contributed by atoms with Crippen molar-refractivity contribution in [2.24, 2.45) is 0 Å². The fourth-order valence-corrected chi connectivity index (χ4v) is 2.20. The molecule has 2 aromatic rings. The van der Waals surface area contributed by atoms with Gasteiger partial charge < -0.3 is 9.47 Å². The van der Waals surface area contributed by atoms with Crippen molar-refractivity contribution in [3.63, 3.8) is 0 Å². The van der Waals surface area contributed by atoms with Crippen LogP contribution in [-0.4, -0.2) is 20.0 Å². The minimum absolute atomic E-state index is 0.0696. The summed E-state index contributed by atoms with van der Waals surface area (Å²) >= 11 is 0. The second-order valence-electron chi connectivity index (χ2n) is 4.19. The van der Waals surface area contributed by atoms with E-state index < -0.39 is 9.05 Å². The minimum Gasteiger partial charge on any atom is -0.494 e. The van der Waals surface area contributed by atoms with E-state index in [1.807, 2.05) is 6.92 Å². The number of aromatic nitrogens is 1. The Morgan fingerprint density at radius 3 is 2.29 bits per heavy atom. The number of rotatable bonds is 6. The first kappa shape index (κ1) is 15.6. The largest absolute Gasteiger partial charge is 0.494 e. The predicted octanol–water partition coefficient (Wildman–Crippen LogP) is 3.59. The SMILES string of the molecule is CCCOc1ccc(Oc2ccc(S(=O)(=O)Cl)cn2)cc1. The van der Waals surface area contributed by atoms with Crippen LogP contribution in [0, 0.1) is 0 Å². The molecule has 21 heavy (non-hydrogen) atoms. The maximum absolute atomic E-state index is 11.1. The zero-order valence-corrected chi connectivity index (χ0v) is 12.9. The molecule has 0 aliphatic carbocycles. The number of hydrogen-bond acceptors (Lipinski definition) is 5. The van der Waals surface area contributed by atoms with Gasteiger partial charge >= 0.3 is 0 Å². The molecule has 0 unspecified atom stereocenters. The van der Waals surface area contributed by atoms with Gasteiger partial charge in [0.25, 0.3) is 9.05 Å². The summed E-state index contributed by atoms with van der Waals surface area (Å²) in [5.74, 6) is 1.62. The lowest BCUT2D eigenvalue weighted by Gasteiger charge is -2.07. The molecule has 0 N–H and O–H groups in total. The van der Waals surface area contributed by atoms with Crippen LogP contribution < -0.4 is 9.47 Å². The smallest absolute Gasteiger partial charge is 0.262 e. The van der Waals surface area contributed by atoms with E-state index in [2.05, 4.69) is 4.98 Å². The van der Waals surface area contributed by atoms with E-state index in [1.165, 1.54) is 12.1 Å². The van der Waals surface area contributed by atoms with Crippen LogP contribution in [0.5, 0.6) is 17.4 Å². The highest BCUT2D eigenvalue weighted by atomic mass is 35.7. The number of pyridine rings is 1. The lowest BCUT2D eigenvalue weighted by atomic mass is 10.3. The Balaban J connectivity index is 2.04. The van der Waals surface area contributed by atoms with Crippen LogP contribution >= 0.6 is 10.7 Å². The van der Waals surface area contributed by atoms with E-state index in [-0.39, 0.29) is 10.8 Å². The fraction of sp³-hybridized carbons (Fsp3) is 0.214. The average molecular weight is 328 g/mol. The predicted molar refractivity (Wildman–Crippen MR) is 79.6 cm³/mol. The maximum atomic E-state index is 11.1. The fourth-order valence-electron chi connectivity index (χ4n) is 1.52. The molecule has 5 nitrogen and oxygen atoms in total. The third-order valence-corrected chi connectivity index (χ3v) is 3.85. The van der Waals surface area contributed by atoms with Crippen molar-refractivity contribution in [2.45, 2.75) is 18.2 Å². The van der Waals surface area contributed by atoms with Crippen LogP contribution in [0.15, 0.2) is 47.5 Å². The van der Waals surface area contributed by atoms with Gasteiger partial charge in [-0.15, -0.1) is 0 Å². The lowest BCUT2D eigenvalue weighted by molar-refractivity contribution is 0.317. The number of nitrogens with zero attached hydrogens (tertiary/aromatic N) is 1. The van der Waals surface area contributed by atoms with Gasteiger partial charge in [-0.25, -0.2) is 13.4 Å². The molecule has 0 bridgehead atoms. The molecule has 0 saturated heterocycles. The normalized spacial score (nSPS) is 11.1. The van der Waals surface area contributed by atoms with Crippen molar-refractivity contribution < 1.29 is 17.9 Å². The Labute approximate surface area is 127 Å². The van der Waals surface area contributed by atoms with Crippen LogP contribution in [0.1, 0.15) is 13.3 Å². The Bertz CT molecular complexity index is 684. The van der Waals surface area contributed by atoms with Gasteiger partial charge in [0.15, 0.2) is 0 Å². The summed E-state index contributed by atoms with van der Waals surface area (Å²) in [7, 11) is 1.44. The van der Waals surface area contributed by atoms with Crippen molar-refractivity contribution in [1.82, 2.24) is 4.98 Å². The van der Waals surface area contributed by atoms with Crippen LogP contribution in [0.2, 0.25) is 0 Å². The highest BCUT2D eigenvalue weighted by molar-refractivity contribution is 8.13. The Hall–Kier alpha value is -1.79. The second-order valence-corrected chi connectivity index (χ2v) is 6.76. The van der Waals surface area contributed by atoms with Gasteiger partial charge in [0.05, 0.1) is 12.8 Å². The van der Waals surface area contributed by atoms with Crippen LogP contribution in [0.25, 0.3) is 0 Å². The van der Waals surface area contributed by atoms with Crippen molar-refractivity contribution in [1.29, 1.82) is 0 Å². The van der Waals surface area contributed by atoms with Crippen molar-refractivity contribution in [3.05, 3.63) is 42.6 Å². The van der Waals surface area contributed by atoms with Crippen molar-refractivity contribution in [2.75, 3.05) is 6.61 Å². The first-order chi connectivity index (χ1) is 9.99. The molecule has 112 valence electrons. The van der Waals surface area contributed by atoms with Gasteiger partial charge in [-0.2, -0.15) is 0 Å². The van der Waals surface area contributed by atoms with Gasteiger partial charge in [-0.1, -0.05) is 6.92 Å². The van der Waals surface area contributed by atoms with Crippen molar-refractivity contribution in [3.8, 4) is 17.4 Å². The summed E-state index contributed by atoms with van der Waals surface area (Å²) < 4.78 is 33.2. The summed E-state index contributed by atoms with van der Waals surface area (Å²) in [6.45, 7) is 2.70. The molecule has 0 aliphatic rings. The van der Waals surface area contributed by atoms with Crippen LogP contribution in [0.4, 0.5) is 0 Å². The maximum Gasteiger partial charge on any atom is 0.262 e. The molecule has 0 radical (unpaired) electrons. The zero-order valence-electron chi connectivity index (χ0n) is 11.3. The van der Waals surface area contributed by atoms with E-state index in [4.69, 9.17) is 20.2 Å². The number of ether oxygens (including phenoxy) is 2. The third kappa shape index (κ3) is 4.61. The second kappa shape index (κ2) is 6.78. The van der Waals surface area contributed by atoms with Gasteiger partial charge in [0.1, 0.15) is 16.4 Å². The lowest BCUT2D eigenvalue weighted by Crippen LogP contribution is -1.95. The molecule has 1 aromatic carbocycles. The molecule has 0 amide bonds. The van der Waals surface area contributed by atoms with E-state index in [1.54, 1.807) is 24.3 Å². The molecule has 0 fully saturated rings. The first-order valence-corrected chi connectivity index (χ1v) is 8.61. The quantitative estimate of drug-likeness (QED) is 0.758. The summed E-state index contributed by atoms with van der Waals surface area (Å²) in [4.78, 5) is 3.83. The number of benzene rings is 1. The van der Waals surface area contributed by atoms with Gasteiger partial charge in [0.2, 0.25) is 5.88 Å². The van der Waals surface area contributed by atoms with Gasteiger partial charge in [-0.05, 0) is 36.8 Å². The molecule has 1 aromatic heterocycles. The first-order valence-electron chi connectivity index (χ1n) is 6.30. The molecule has 0 atom stereocenters. The summed E-state index contributed by atoms with van der Waals surface area (Å²) in [6, 6.07) is 9.86. The average Bonchev–Trinajstić information content (AvgIpc) is 2.46. The van der Waals surface area contributed by atoms with E-state index >= 15 is 0 Å². The van der Waals surface area contributed by atoms with Crippen LogP contribution in [0.3, 0.4) is 0 Å². The standard InChI is InChI=1S/C14H14ClNO4S/c1-2-9-19-11-3-5-12(6-4-11)20-14-8-7-13(10-16-14)21(15,17)18/h3-8,10H,2,9H2,1H3. The van der Waals surface area contributed by atoms with Crippen LogP contribution in [-0.2, 0) is 9.05 Å². The molecular formula is C14H14ClNO4S. The third-order valence-electron chi connectivity index (χ3n) is 2.51. The molecule has 7 heteroatoms. The minimum atomic E-state index is -3.77. The topological polar surface area (TPSA) is 65.5 Å². The van der Waals surface area contributed by atoms with Crippen molar-refractivity contribution >= 4 is 19.7 Å². The highest BCUT2D eigenvalue weighted by Gasteiger charge is 2.10.